The van der Waals surface area contributed by atoms with E-state index in [0.29, 0.717) is 13.0 Å². The van der Waals surface area contributed by atoms with Gasteiger partial charge < -0.3 is 10.2 Å². The van der Waals surface area contributed by atoms with Crippen LogP contribution >= 0.6 is 11.3 Å². The number of carbonyl (C=O) groups is 1. The Kier molecular flexibility index (Phi) is 5.35. The number of urea groups is 1. The van der Waals surface area contributed by atoms with Crippen molar-refractivity contribution >= 4 is 27.2 Å². The molecule has 130 valence electrons. The summed E-state index contributed by atoms with van der Waals surface area (Å²) in [5.74, 6) is 0.0129. The molecule has 1 saturated heterocycles. The lowest BCUT2D eigenvalue weighted by molar-refractivity contribution is 0.197. The van der Waals surface area contributed by atoms with Gasteiger partial charge in [-0.05, 0) is 33.6 Å². The van der Waals surface area contributed by atoms with Gasteiger partial charge in [-0.1, -0.05) is 6.92 Å². The molecule has 6 nitrogen and oxygen atoms in total. The zero-order chi connectivity index (χ0) is 17.3. The third-order valence-electron chi connectivity index (χ3n) is 4.37. The van der Waals surface area contributed by atoms with Gasteiger partial charge in [0.1, 0.15) is 5.01 Å². The zero-order valence-electron chi connectivity index (χ0n) is 14.1. The van der Waals surface area contributed by atoms with E-state index in [4.69, 9.17) is 0 Å². The van der Waals surface area contributed by atoms with Crippen molar-refractivity contribution in [3.05, 3.63) is 16.1 Å². The molecule has 1 N–H and O–H groups in total. The molecule has 1 atom stereocenters. The third kappa shape index (κ3) is 4.03. The zero-order valence-corrected chi connectivity index (χ0v) is 15.8. The average molecular weight is 360 g/mol. The summed E-state index contributed by atoms with van der Waals surface area (Å²) < 4.78 is 23.6. The molecule has 0 radical (unpaired) electrons. The van der Waals surface area contributed by atoms with E-state index < -0.39 is 14.6 Å². The second kappa shape index (κ2) is 6.76. The van der Waals surface area contributed by atoms with E-state index in [-0.39, 0.29) is 24.4 Å². The number of amides is 2. The first-order valence-corrected chi connectivity index (χ1v) is 10.4. The van der Waals surface area contributed by atoms with Gasteiger partial charge in [0.15, 0.2) is 9.84 Å². The average Bonchev–Trinajstić information content (AvgIpc) is 2.91. The van der Waals surface area contributed by atoms with Crippen LogP contribution in [0.3, 0.4) is 0 Å². The minimum absolute atomic E-state index is 0.0129. The Labute approximate surface area is 142 Å². The predicted molar refractivity (Wildman–Crippen MR) is 92.5 cm³/mol. The summed E-state index contributed by atoms with van der Waals surface area (Å²) in [6.45, 7) is 8.11. The maximum absolute atomic E-state index is 12.4. The molecular weight excluding hydrogens is 334 g/mol. The summed E-state index contributed by atoms with van der Waals surface area (Å²) in [7, 11) is -3.18. The fraction of sp³-hybridized carbons (Fsp3) is 0.733. The molecule has 0 aliphatic carbocycles. The van der Waals surface area contributed by atoms with Crippen LogP contribution in [0, 0.1) is 0 Å². The van der Waals surface area contributed by atoms with Crippen molar-refractivity contribution in [3.63, 3.8) is 0 Å². The number of rotatable bonds is 3. The molecule has 0 saturated carbocycles. The molecule has 23 heavy (non-hydrogen) atoms. The Morgan fingerprint density at radius 3 is 2.78 bits per heavy atom. The lowest BCUT2D eigenvalue weighted by Gasteiger charge is -2.24. The SMILES string of the molecule is CCc1cnc(C(C)NC(=O)N2CCC(C)(C)S(=O)(=O)CC2)s1. The Morgan fingerprint density at radius 1 is 1.48 bits per heavy atom. The van der Waals surface area contributed by atoms with Crippen molar-refractivity contribution in [3.8, 4) is 0 Å². The minimum atomic E-state index is -3.18. The van der Waals surface area contributed by atoms with E-state index in [0.717, 1.165) is 11.4 Å². The van der Waals surface area contributed by atoms with Crippen LogP contribution < -0.4 is 5.32 Å². The Hall–Kier alpha value is -1.15. The summed E-state index contributed by atoms with van der Waals surface area (Å²) in [4.78, 5) is 19.5. The topological polar surface area (TPSA) is 79.4 Å². The second-order valence-corrected chi connectivity index (χ2v) is 10.4. The maximum Gasteiger partial charge on any atom is 0.317 e. The number of aromatic nitrogens is 1. The molecular formula is C15H25N3O3S2. The summed E-state index contributed by atoms with van der Waals surface area (Å²) in [5, 5.41) is 3.80. The molecule has 0 aromatic carbocycles. The predicted octanol–water partition coefficient (Wildman–Crippen LogP) is 2.38. The molecule has 0 bridgehead atoms. The molecule has 1 aliphatic rings. The largest absolute Gasteiger partial charge is 0.329 e. The van der Waals surface area contributed by atoms with Gasteiger partial charge in [0.25, 0.3) is 0 Å². The molecule has 1 unspecified atom stereocenters. The molecule has 2 amide bonds. The van der Waals surface area contributed by atoms with E-state index in [1.54, 1.807) is 30.1 Å². The van der Waals surface area contributed by atoms with Crippen molar-refractivity contribution in [2.24, 2.45) is 0 Å². The number of aryl methyl sites for hydroxylation is 1. The summed E-state index contributed by atoms with van der Waals surface area (Å²) in [5.41, 5.74) is 0. The van der Waals surface area contributed by atoms with Gasteiger partial charge >= 0.3 is 6.03 Å². The first kappa shape index (κ1) is 18.2. The molecule has 2 heterocycles. The molecule has 1 aliphatic heterocycles. The van der Waals surface area contributed by atoms with E-state index >= 15 is 0 Å². The van der Waals surface area contributed by atoms with Crippen molar-refractivity contribution in [1.82, 2.24) is 15.2 Å². The van der Waals surface area contributed by atoms with E-state index in [9.17, 15) is 13.2 Å². The highest BCUT2D eigenvalue weighted by Crippen LogP contribution is 2.25. The highest BCUT2D eigenvalue weighted by molar-refractivity contribution is 7.92. The second-order valence-electron chi connectivity index (χ2n) is 6.51. The van der Waals surface area contributed by atoms with Crippen LogP contribution in [0.25, 0.3) is 0 Å². The number of nitrogens with zero attached hydrogens (tertiary/aromatic N) is 2. The molecule has 1 aromatic rings. The van der Waals surface area contributed by atoms with E-state index in [1.807, 2.05) is 13.1 Å². The molecule has 8 heteroatoms. The van der Waals surface area contributed by atoms with Crippen LogP contribution in [-0.4, -0.2) is 47.9 Å². The quantitative estimate of drug-likeness (QED) is 0.898. The molecule has 1 fully saturated rings. The van der Waals surface area contributed by atoms with Gasteiger partial charge in [0.05, 0.1) is 16.5 Å². The lowest BCUT2D eigenvalue weighted by Crippen LogP contribution is -2.42. The van der Waals surface area contributed by atoms with Crippen molar-refractivity contribution in [1.29, 1.82) is 0 Å². The van der Waals surface area contributed by atoms with Crippen molar-refractivity contribution in [2.45, 2.75) is 51.3 Å². The maximum atomic E-state index is 12.4. The lowest BCUT2D eigenvalue weighted by atomic mass is 10.1. The number of hydrogen-bond donors (Lipinski definition) is 1. The van der Waals surface area contributed by atoms with E-state index in [1.165, 1.54) is 4.88 Å². The number of nitrogens with one attached hydrogen (secondary N) is 1. The Morgan fingerprint density at radius 2 is 2.17 bits per heavy atom. The van der Waals surface area contributed by atoms with Crippen LogP contribution in [0.4, 0.5) is 4.79 Å². The smallest absolute Gasteiger partial charge is 0.317 e. The van der Waals surface area contributed by atoms with Crippen LogP contribution in [0.15, 0.2) is 6.20 Å². The first-order valence-electron chi connectivity index (χ1n) is 7.88. The van der Waals surface area contributed by atoms with Crippen LogP contribution in [0.2, 0.25) is 0 Å². The molecule has 2 rings (SSSR count). The van der Waals surface area contributed by atoms with Gasteiger partial charge in [-0.2, -0.15) is 0 Å². The highest BCUT2D eigenvalue weighted by atomic mass is 32.2. The van der Waals surface area contributed by atoms with Gasteiger partial charge in [0.2, 0.25) is 0 Å². The van der Waals surface area contributed by atoms with Crippen LogP contribution in [0.1, 0.15) is 50.0 Å². The van der Waals surface area contributed by atoms with Gasteiger partial charge in [-0.15, -0.1) is 11.3 Å². The van der Waals surface area contributed by atoms with Gasteiger partial charge in [-0.3, -0.25) is 0 Å². The van der Waals surface area contributed by atoms with Crippen LogP contribution in [-0.2, 0) is 16.3 Å². The fourth-order valence-electron chi connectivity index (χ4n) is 2.41. The van der Waals surface area contributed by atoms with Crippen molar-refractivity contribution < 1.29 is 13.2 Å². The molecule has 1 aromatic heterocycles. The van der Waals surface area contributed by atoms with Gasteiger partial charge in [0, 0.05) is 24.2 Å². The van der Waals surface area contributed by atoms with Crippen molar-refractivity contribution in [2.75, 3.05) is 18.8 Å². The van der Waals surface area contributed by atoms with Gasteiger partial charge in [-0.25, -0.2) is 18.2 Å². The summed E-state index contributed by atoms with van der Waals surface area (Å²) in [6.07, 6.45) is 3.22. The number of thiazole rings is 1. The fourth-order valence-corrected chi connectivity index (χ4v) is 4.68. The van der Waals surface area contributed by atoms with E-state index in [2.05, 4.69) is 17.2 Å². The monoisotopic (exact) mass is 359 g/mol. The normalized spacial score (nSPS) is 21.5. The highest BCUT2D eigenvalue weighted by Gasteiger charge is 2.38. The summed E-state index contributed by atoms with van der Waals surface area (Å²) >= 11 is 1.59. The standard InChI is InChI=1S/C15H25N3O3S2/c1-5-12-10-16-13(22-12)11(2)17-14(19)18-7-6-15(3,4)23(20,21)9-8-18/h10-11H,5-9H2,1-4H3,(H,17,19). The Balaban J connectivity index is 2.01. The number of carbonyl (C=O) groups excluding carboxylic acids is 1. The minimum Gasteiger partial charge on any atom is -0.329 e. The molecule has 0 spiro atoms. The summed E-state index contributed by atoms with van der Waals surface area (Å²) in [6, 6.07) is -0.403. The first-order chi connectivity index (χ1) is 10.7. The number of hydrogen-bond acceptors (Lipinski definition) is 5. The Bertz CT molecular complexity index is 667. The third-order valence-corrected chi connectivity index (χ3v) is 8.31. The number of sulfone groups is 1. The van der Waals surface area contributed by atoms with Crippen LogP contribution in [0.5, 0.6) is 0 Å².